The van der Waals surface area contributed by atoms with E-state index in [9.17, 15) is 33.3 Å². The maximum absolute atomic E-state index is 12.3. The van der Waals surface area contributed by atoms with Gasteiger partial charge in [0.2, 0.25) is 10.0 Å². The molecule has 0 saturated carbocycles. The number of ketones is 1. The lowest BCUT2D eigenvalue weighted by Crippen LogP contribution is -2.39. The lowest BCUT2D eigenvalue weighted by atomic mass is 10.0. The summed E-state index contributed by atoms with van der Waals surface area (Å²) in [6.45, 7) is -0.351. The average Bonchev–Trinajstić information content (AvgIpc) is 3.42. The van der Waals surface area contributed by atoms with E-state index in [0.29, 0.717) is 0 Å². The van der Waals surface area contributed by atoms with Gasteiger partial charge < -0.3 is 25.8 Å². The second-order valence-corrected chi connectivity index (χ2v) is 9.86. The third-order valence-corrected chi connectivity index (χ3v) is 6.88. The lowest BCUT2D eigenvalue weighted by molar-refractivity contribution is -0.0329. The molecule has 0 aliphatic carbocycles. The zero-order valence-electron chi connectivity index (χ0n) is 19.2. The minimum atomic E-state index is -3.97. The van der Waals surface area contributed by atoms with Crippen molar-refractivity contribution in [1.29, 1.82) is 0 Å². The number of benzene rings is 1. The molecule has 1 fully saturated rings. The molecule has 0 spiro atoms. The Morgan fingerprint density at radius 2 is 1.86 bits per heavy atom. The number of carbonyl (C=O) groups excluding carboxylic acids is 1. The number of aliphatic hydroxyl groups excluding tert-OH is 2. The molecule has 14 nitrogen and oxygen atoms in total. The Balaban J connectivity index is 1.33. The molecular formula is C22H24N6O8S. The number of ether oxygens (including phenoxy) is 1. The quantitative estimate of drug-likeness (QED) is 0.215. The van der Waals surface area contributed by atoms with Gasteiger partial charge in [-0.25, -0.2) is 32.9 Å². The van der Waals surface area contributed by atoms with Crippen molar-refractivity contribution in [3.63, 3.8) is 0 Å². The molecule has 37 heavy (non-hydrogen) atoms. The van der Waals surface area contributed by atoms with Crippen molar-refractivity contribution in [2.75, 3.05) is 12.3 Å². The number of nitrogens with zero attached hydrogens (tertiary/aromatic N) is 4. The van der Waals surface area contributed by atoms with Crippen molar-refractivity contribution < 1.29 is 38.1 Å². The van der Waals surface area contributed by atoms with E-state index in [1.165, 1.54) is 41.5 Å². The molecule has 1 aliphatic rings. The van der Waals surface area contributed by atoms with Crippen LogP contribution in [0.5, 0.6) is 0 Å². The maximum Gasteiger partial charge on any atom is 0.336 e. The Labute approximate surface area is 210 Å². The van der Waals surface area contributed by atoms with Crippen LogP contribution in [0.4, 0.5) is 5.82 Å². The summed E-state index contributed by atoms with van der Waals surface area (Å²) in [6, 6.07) is 5.77. The summed E-state index contributed by atoms with van der Waals surface area (Å²) in [6.07, 6.45) is -1.26. The maximum atomic E-state index is 12.3. The number of hydrogen-bond donors (Lipinski definition) is 5. The summed E-state index contributed by atoms with van der Waals surface area (Å²) in [5.41, 5.74) is 6.24. The van der Waals surface area contributed by atoms with E-state index in [0.717, 1.165) is 5.41 Å². The highest BCUT2D eigenvalue weighted by molar-refractivity contribution is 7.92. The van der Waals surface area contributed by atoms with Crippen LogP contribution < -0.4 is 10.5 Å². The van der Waals surface area contributed by atoms with Gasteiger partial charge in [0.1, 0.15) is 30.2 Å². The summed E-state index contributed by atoms with van der Waals surface area (Å²) in [4.78, 5) is 35.6. The summed E-state index contributed by atoms with van der Waals surface area (Å²) in [5, 5.41) is 30.9. The Hall–Kier alpha value is -3.76. The molecule has 4 rings (SSSR count). The van der Waals surface area contributed by atoms with Crippen LogP contribution in [0.25, 0.3) is 11.2 Å². The Bertz CT molecular complexity index is 1460. The molecule has 1 aromatic carbocycles. The highest BCUT2D eigenvalue weighted by Crippen LogP contribution is 2.31. The SMILES string of the molecule is Nc1ncnc2c1ncn2[C@@H]1O[C@H](CNS(=O)(=O)/C=C/CCC(=O)c2ccccc2C(=O)O)[C@@H](O)[C@H]1O. The second-order valence-electron chi connectivity index (χ2n) is 8.21. The van der Waals surface area contributed by atoms with Gasteiger partial charge in [0, 0.05) is 23.9 Å². The molecule has 15 heteroatoms. The molecule has 1 aliphatic heterocycles. The summed E-state index contributed by atoms with van der Waals surface area (Å²) >= 11 is 0. The summed E-state index contributed by atoms with van der Waals surface area (Å²) in [5.74, 6) is -1.54. The number of fused-ring (bicyclic) bond motifs is 1. The topological polar surface area (TPSA) is 220 Å². The summed E-state index contributed by atoms with van der Waals surface area (Å²) in [7, 11) is -3.97. The molecule has 6 N–H and O–H groups in total. The number of hydrogen-bond acceptors (Lipinski definition) is 11. The monoisotopic (exact) mass is 532 g/mol. The lowest BCUT2D eigenvalue weighted by Gasteiger charge is -2.16. The van der Waals surface area contributed by atoms with Crippen LogP contribution in [0.1, 0.15) is 39.8 Å². The van der Waals surface area contributed by atoms with Crippen LogP contribution in [-0.4, -0.2) is 79.9 Å². The van der Waals surface area contributed by atoms with Crippen molar-refractivity contribution >= 4 is 38.8 Å². The molecule has 2 aromatic heterocycles. The molecule has 1 saturated heterocycles. The van der Waals surface area contributed by atoms with E-state index in [2.05, 4.69) is 19.7 Å². The molecular weight excluding hydrogens is 508 g/mol. The van der Waals surface area contributed by atoms with Crippen LogP contribution in [0.15, 0.2) is 48.4 Å². The molecule has 0 bridgehead atoms. The van der Waals surface area contributed by atoms with Crippen LogP contribution in [-0.2, 0) is 14.8 Å². The van der Waals surface area contributed by atoms with E-state index in [1.807, 2.05) is 0 Å². The zero-order valence-corrected chi connectivity index (χ0v) is 20.0. The number of nitrogens with two attached hydrogens (primary N) is 1. The number of carbonyl (C=O) groups is 2. The van der Waals surface area contributed by atoms with Crippen molar-refractivity contribution in [1.82, 2.24) is 24.2 Å². The third-order valence-electron chi connectivity index (χ3n) is 5.76. The number of carboxylic acid groups (broad SMARTS) is 1. The fourth-order valence-electron chi connectivity index (χ4n) is 3.89. The average molecular weight is 533 g/mol. The van der Waals surface area contributed by atoms with E-state index < -0.39 is 46.3 Å². The van der Waals surface area contributed by atoms with Gasteiger partial charge in [0.25, 0.3) is 0 Å². The number of sulfonamides is 1. The Kier molecular flexibility index (Phi) is 7.60. The normalized spacial score (nSPS) is 22.1. The molecule has 0 unspecified atom stereocenters. The molecule has 0 radical (unpaired) electrons. The number of rotatable bonds is 10. The number of carboxylic acids is 1. The van der Waals surface area contributed by atoms with Crippen LogP contribution in [0.2, 0.25) is 0 Å². The number of allylic oxidation sites excluding steroid dienone is 1. The number of aromatic nitrogens is 4. The number of Topliss-reactive ketones (excluding diaryl/α,β-unsaturated/α-hetero) is 1. The first kappa shape index (κ1) is 26.3. The van der Waals surface area contributed by atoms with Crippen LogP contribution in [0, 0.1) is 0 Å². The standard InChI is InChI=1S/C22H24N6O8S/c23-19-16-20(25-10-24-19)28(11-26-16)21-18(31)17(30)15(36-21)9-27-37(34,35)8-4-3-7-14(29)12-5-1-2-6-13(12)22(32)33/h1-2,4-6,8,10-11,15,17-18,21,27,30-31H,3,7,9H2,(H,32,33)(H2,23,24,25)/b8-4+/t15-,17-,18-,21-/m1/s1. The minimum absolute atomic E-state index is 0.0460. The van der Waals surface area contributed by atoms with Gasteiger partial charge in [-0.1, -0.05) is 24.3 Å². The second kappa shape index (κ2) is 10.7. The van der Waals surface area contributed by atoms with Crippen LogP contribution in [0.3, 0.4) is 0 Å². The van der Waals surface area contributed by atoms with E-state index in [4.69, 9.17) is 10.5 Å². The molecule has 0 amide bonds. The zero-order chi connectivity index (χ0) is 26.7. The van der Waals surface area contributed by atoms with Crippen molar-refractivity contribution in [3.8, 4) is 0 Å². The third kappa shape index (κ3) is 5.65. The molecule has 4 atom stereocenters. The smallest absolute Gasteiger partial charge is 0.336 e. The largest absolute Gasteiger partial charge is 0.478 e. The summed E-state index contributed by atoms with van der Waals surface area (Å²) < 4.78 is 34.0. The van der Waals surface area contributed by atoms with Gasteiger partial charge in [0.15, 0.2) is 23.5 Å². The van der Waals surface area contributed by atoms with Gasteiger partial charge in [-0.05, 0) is 12.5 Å². The number of nitrogens with one attached hydrogen (secondary N) is 1. The van der Waals surface area contributed by atoms with Gasteiger partial charge >= 0.3 is 5.97 Å². The minimum Gasteiger partial charge on any atom is -0.478 e. The van der Waals surface area contributed by atoms with Gasteiger partial charge in [-0.2, -0.15) is 0 Å². The van der Waals surface area contributed by atoms with Gasteiger partial charge in [-0.15, -0.1) is 0 Å². The Morgan fingerprint density at radius 3 is 2.59 bits per heavy atom. The van der Waals surface area contributed by atoms with Crippen molar-refractivity contribution in [2.45, 2.75) is 37.4 Å². The van der Waals surface area contributed by atoms with E-state index >= 15 is 0 Å². The predicted octanol–water partition coefficient (Wildman–Crippen LogP) is -0.178. The number of imidazole rings is 1. The first-order valence-electron chi connectivity index (χ1n) is 11.1. The van der Waals surface area contributed by atoms with Crippen LogP contribution >= 0.6 is 0 Å². The fourth-order valence-corrected chi connectivity index (χ4v) is 4.77. The van der Waals surface area contributed by atoms with Gasteiger partial charge in [0.05, 0.1) is 11.9 Å². The number of anilines is 1. The van der Waals surface area contributed by atoms with Gasteiger partial charge in [-0.3, -0.25) is 9.36 Å². The predicted molar refractivity (Wildman–Crippen MR) is 129 cm³/mol. The number of nitrogen functional groups attached to an aromatic ring is 1. The van der Waals surface area contributed by atoms with E-state index in [-0.39, 0.29) is 47.5 Å². The highest BCUT2D eigenvalue weighted by Gasteiger charge is 2.44. The van der Waals surface area contributed by atoms with Crippen molar-refractivity contribution in [3.05, 3.63) is 59.5 Å². The Morgan fingerprint density at radius 1 is 1.14 bits per heavy atom. The number of aromatic carboxylic acids is 1. The number of aliphatic hydroxyl groups is 2. The first-order chi connectivity index (χ1) is 17.6. The molecule has 196 valence electrons. The first-order valence-corrected chi connectivity index (χ1v) is 12.6. The fraction of sp³-hybridized carbons (Fsp3) is 0.318. The highest BCUT2D eigenvalue weighted by atomic mass is 32.2. The molecule has 3 heterocycles. The molecule has 3 aromatic rings. The van der Waals surface area contributed by atoms with Crippen molar-refractivity contribution in [2.24, 2.45) is 0 Å². The van der Waals surface area contributed by atoms with E-state index in [1.54, 1.807) is 6.07 Å².